The number of benzene rings is 1. The Morgan fingerprint density at radius 1 is 1.19 bits per heavy atom. The highest BCUT2D eigenvalue weighted by Crippen LogP contribution is 2.20. The Balaban J connectivity index is 2.57. The van der Waals surface area contributed by atoms with Crippen LogP contribution in [0.25, 0.3) is 11.1 Å². The summed E-state index contributed by atoms with van der Waals surface area (Å²) in [6.07, 6.45) is 1.59. The average molecular weight is 219 g/mol. The van der Waals surface area contributed by atoms with Crippen LogP contribution >= 0.6 is 0 Å². The first-order valence-electron chi connectivity index (χ1n) is 4.73. The zero-order valence-corrected chi connectivity index (χ0v) is 8.64. The predicted octanol–water partition coefficient (Wildman–Crippen LogP) is 1.90. The monoisotopic (exact) mass is 219 g/mol. The molecule has 1 heterocycles. The number of halogens is 1. The highest BCUT2D eigenvalue weighted by molar-refractivity contribution is 5.63. The minimum atomic E-state index is -0.453. The Morgan fingerprint density at radius 2 is 1.81 bits per heavy atom. The molecule has 1 aromatic heterocycles. The van der Waals surface area contributed by atoms with Crippen molar-refractivity contribution in [1.29, 1.82) is 0 Å². The van der Waals surface area contributed by atoms with Gasteiger partial charge in [0.25, 0.3) is 5.56 Å². The lowest BCUT2D eigenvalue weighted by molar-refractivity contribution is 0.461. The standard InChI is InChI=1S/C12H10FNO2/c1-14-7-9(6-11(15)12(14)16)8-2-4-10(13)5-3-8/h2-7,15H,1H3. The smallest absolute Gasteiger partial charge is 0.292 e. The van der Waals surface area contributed by atoms with E-state index in [0.29, 0.717) is 5.56 Å². The van der Waals surface area contributed by atoms with E-state index in [-0.39, 0.29) is 11.6 Å². The highest BCUT2D eigenvalue weighted by Gasteiger charge is 2.04. The molecule has 0 saturated carbocycles. The van der Waals surface area contributed by atoms with E-state index in [1.54, 1.807) is 25.4 Å². The lowest BCUT2D eigenvalue weighted by Crippen LogP contribution is -2.15. The molecule has 1 N–H and O–H groups in total. The first-order valence-corrected chi connectivity index (χ1v) is 4.73. The van der Waals surface area contributed by atoms with Crippen molar-refractivity contribution >= 4 is 0 Å². The molecule has 0 aliphatic rings. The lowest BCUT2D eigenvalue weighted by Gasteiger charge is -2.05. The Labute approximate surface area is 91.4 Å². The van der Waals surface area contributed by atoms with Crippen LogP contribution in [0.5, 0.6) is 5.75 Å². The fraction of sp³-hybridized carbons (Fsp3) is 0.0833. The van der Waals surface area contributed by atoms with Crippen molar-refractivity contribution in [2.75, 3.05) is 0 Å². The summed E-state index contributed by atoms with van der Waals surface area (Å²) in [6, 6.07) is 7.22. The van der Waals surface area contributed by atoms with E-state index in [4.69, 9.17) is 0 Å². The van der Waals surface area contributed by atoms with Crippen molar-refractivity contribution in [3.05, 3.63) is 52.7 Å². The van der Waals surface area contributed by atoms with Gasteiger partial charge in [-0.05, 0) is 23.8 Å². The summed E-state index contributed by atoms with van der Waals surface area (Å²) in [7, 11) is 1.55. The van der Waals surface area contributed by atoms with Gasteiger partial charge in [0.05, 0.1) is 0 Å². The molecule has 2 rings (SSSR count). The molecule has 0 aliphatic heterocycles. The van der Waals surface area contributed by atoms with E-state index < -0.39 is 5.56 Å². The van der Waals surface area contributed by atoms with Gasteiger partial charge >= 0.3 is 0 Å². The molecule has 1 aromatic carbocycles. The molecular weight excluding hydrogens is 209 g/mol. The summed E-state index contributed by atoms with van der Waals surface area (Å²) in [5.41, 5.74) is 0.956. The Kier molecular flexibility index (Phi) is 2.48. The molecule has 3 nitrogen and oxygen atoms in total. The van der Waals surface area contributed by atoms with Crippen molar-refractivity contribution in [1.82, 2.24) is 4.57 Å². The number of nitrogens with zero attached hydrogens (tertiary/aromatic N) is 1. The number of hydrogen-bond acceptors (Lipinski definition) is 2. The molecule has 0 aliphatic carbocycles. The van der Waals surface area contributed by atoms with Gasteiger partial charge in [-0.3, -0.25) is 4.79 Å². The Bertz CT molecular complexity index is 546. The van der Waals surface area contributed by atoms with Crippen LogP contribution in [0.15, 0.2) is 41.3 Å². The minimum absolute atomic E-state index is 0.315. The molecule has 2 aromatic rings. The van der Waals surface area contributed by atoms with Gasteiger partial charge in [0.15, 0.2) is 5.75 Å². The Morgan fingerprint density at radius 3 is 2.38 bits per heavy atom. The Hall–Kier alpha value is -2.10. The molecule has 16 heavy (non-hydrogen) atoms. The maximum Gasteiger partial charge on any atom is 0.292 e. The van der Waals surface area contributed by atoms with Gasteiger partial charge in [-0.25, -0.2) is 4.39 Å². The highest BCUT2D eigenvalue weighted by atomic mass is 19.1. The first kappa shape index (κ1) is 10.4. The number of aromatic nitrogens is 1. The quantitative estimate of drug-likeness (QED) is 0.795. The van der Waals surface area contributed by atoms with Crippen LogP contribution in [-0.4, -0.2) is 9.67 Å². The van der Waals surface area contributed by atoms with Gasteiger partial charge in [0.2, 0.25) is 0 Å². The topological polar surface area (TPSA) is 42.2 Å². The van der Waals surface area contributed by atoms with Gasteiger partial charge < -0.3 is 9.67 Å². The SMILES string of the molecule is Cn1cc(-c2ccc(F)cc2)cc(O)c1=O. The third kappa shape index (κ3) is 1.82. The van der Waals surface area contributed by atoms with Gasteiger partial charge in [0.1, 0.15) is 5.82 Å². The maximum absolute atomic E-state index is 12.7. The fourth-order valence-corrected chi connectivity index (χ4v) is 1.49. The molecule has 82 valence electrons. The molecule has 0 bridgehead atoms. The van der Waals surface area contributed by atoms with E-state index in [9.17, 15) is 14.3 Å². The average Bonchev–Trinajstić information content (AvgIpc) is 2.26. The van der Waals surface area contributed by atoms with Gasteiger partial charge in [0, 0.05) is 18.8 Å². The molecule has 0 spiro atoms. The molecule has 0 unspecified atom stereocenters. The van der Waals surface area contributed by atoms with Crippen LogP contribution < -0.4 is 5.56 Å². The van der Waals surface area contributed by atoms with E-state index in [1.165, 1.54) is 22.8 Å². The summed E-state index contributed by atoms with van der Waals surface area (Å²) < 4.78 is 14.0. The second-order valence-electron chi connectivity index (χ2n) is 3.54. The minimum Gasteiger partial charge on any atom is -0.503 e. The summed E-state index contributed by atoms with van der Waals surface area (Å²) in [4.78, 5) is 11.3. The zero-order chi connectivity index (χ0) is 11.7. The second kappa shape index (κ2) is 3.81. The summed E-state index contributed by atoms with van der Waals surface area (Å²) in [5.74, 6) is -0.637. The van der Waals surface area contributed by atoms with E-state index in [1.807, 2.05) is 0 Å². The number of hydrogen-bond donors (Lipinski definition) is 1. The largest absolute Gasteiger partial charge is 0.503 e. The van der Waals surface area contributed by atoms with Crippen LogP contribution in [0.3, 0.4) is 0 Å². The summed E-state index contributed by atoms with van der Waals surface area (Å²) >= 11 is 0. The maximum atomic E-state index is 12.7. The van der Waals surface area contributed by atoms with Crippen molar-refractivity contribution < 1.29 is 9.50 Å². The number of rotatable bonds is 1. The third-order valence-electron chi connectivity index (χ3n) is 2.34. The second-order valence-corrected chi connectivity index (χ2v) is 3.54. The van der Waals surface area contributed by atoms with E-state index in [0.717, 1.165) is 5.56 Å². The van der Waals surface area contributed by atoms with Crippen molar-refractivity contribution in [2.45, 2.75) is 0 Å². The molecule has 4 heteroatoms. The normalized spacial score (nSPS) is 10.4. The first-order chi connectivity index (χ1) is 7.58. The van der Waals surface area contributed by atoms with Gasteiger partial charge in [-0.2, -0.15) is 0 Å². The molecule has 0 saturated heterocycles. The van der Waals surface area contributed by atoms with Crippen molar-refractivity contribution in [3.63, 3.8) is 0 Å². The van der Waals surface area contributed by atoms with Crippen molar-refractivity contribution in [3.8, 4) is 16.9 Å². The van der Waals surface area contributed by atoms with Crippen LogP contribution in [0.2, 0.25) is 0 Å². The third-order valence-corrected chi connectivity index (χ3v) is 2.34. The van der Waals surface area contributed by atoms with Crippen LogP contribution in [0.1, 0.15) is 0 Å². The summed E-state index contributed by atoms with van der Waals surface area (Å²) in [5, 5.41) is 9.39. The summed E-state index contributed by atoms with van der Waals surface area (Å²) in [6.45, 7) is 0. The molecule has 0 amide bonds. The van der Waals surface area contributed by atoms with E-state index in [2.05, 4.69) is 0 Å². The van der Waals surface area contributed by atoms with Crippen LogP contribution in [0.4, 0.5) is 4.39 Å². The predicted molar refractivity (Wildman–Crippen MR) is 58.7 cm³/mol. The van der Waals surface area contributed by atoms with E-state index >= 15 is 0 Å². The molecule has 0 fully saturated rings. The lowest BCUT2D eigenvalue weighted by atomic mass is 10.1. The number of aryl methyl sites for hydroxylation is 1. The zero-order valence-electron chi connectivity index (χ0n) is 8.64. The van der Waals surface area contributed by atoms with Gasteiger partial charge in [-0.15, -0.1) is 0 Å². The van der Waals surface area contributed by atoms with Crippen molar-refractivity contribution in [2.24, 2.45) is 7.05 Å². The molecular formula is C12H10FNO2. The molecule has 0 atom stereocenters. The van der Waals surface area contributed by atoms with Crippen LogP contribution in [0, 0.1) is 5.82 Å². The fourth-order valence-electron chi connectivity index (χ4n) is 1.49. The van der Waals surface area contributed by atoms with Gasteiger partial charge in [-0.1, -0.05) is 12.1 Å². The van der Waals surface area contributed by atoms with Crippen LogP contribution in [-0.2, 0) is 7.05 Å². The molecule has 0 radical (unpaired) electrons. The number of pyridine rings is 1. The number of aromatic hydroxyl groups is 1.